The topological polar surface area (TPSA) is 87.4 Å². The van der Waals surface area contributed by atoms with Crippen LogP contribution in [-0.4, -0.2) is 31.8 Å². The van der Waals surface area contributed by atoms with Crippen molar-refractivity contribution in [1.29, 1.82) is 5.26 Å². The largest absolute Gasteiger partial charge is 0.489 e. The Kier molecular flexibility index (Phi) is 4.84. The van der Waals surface area contributed by atoms with Crippen molar-refractivity contribution >= 4 is 9.84 Å². The minimum Gasteiger partial charge on any atom is -0.489 e. The standard InChI is InChI=1S/C15H16F3NO4S/c1-3-8(6-7-19)23-9-4-5-10(24(2,21)22)12-11(9)13(16)15(17,18)14(12)20/h4-5,8,13-14,20H,3,6H2,1-2H3/t8?,13-,14+/m1/s1. The molecule has 0 radical (unpaired) electrons. The smallest absolute Gasteiger partial charge is 0.312 e. The molecule has 1 aromatic rings. The number of sulfone groups is 1. The summed E-state index contributed by atoms with van der Waals surface area (Å²) in [6, 6.07) is 3.95. The van der Waals surface area contributed by atoms with E-state index in [1.54, 1.807) is 6.92 Å². The molecule has 1 aliphatic carbocycles. The van der Waals surface area contributed by atoms with Crippen molar-refractivity contribution in [2.45, 2.75) is 49.0 Å². The van der Waals surface area contributed by atoms with Crippen molar-refractivity contribution in [2.75, 3.05) is 6.26 Å². The first-order valence-electron chi connectivity index (χ1n) is 7.16. The van der Waals surface area contributed by atoms with Gasteiger partial charge in [0, 0.05) is 17.4 Å². The molecular formula is C15H16F3NO4S. The van der Waals surface area contributed by atoms with Gasteiger partial charge in [-0.3, -0.25) is 0 Å². The summed E-state index contributed by atoms with van der Waals surface area (Å²) in [7, 11) is -3.96. The summed E-state index contributed by atoms with van der Waals surface area (Å²) in [6.45, 7) is 1.70. The molecule has 0 bridgehead atoms. The Balaban J connectivity index is 2.65. The maximum Gasteiger partial charge on any atom is 0.312 e. The first-order chi connectivity index (χ1) is 11.1. The molecule has 0 heterocycles. The Morgan fingerprint density at radius 2 is 2.04 bits per heavy atom. The molecule has 1 aromatic carbocycles. The number of hydrogen-bond donors (Lipinski definition) is 1. The lowest BCUT2D eigenvalue weighted by molar-refractivity contribution is -0.144. The molecule has 9 heteroatoms. The molecule has 1 aliphatic rings. The van der Waals surface area contributed by atoms with Crippen LogP contribution in [0.3, 0.4) is 0 Å². The normalized spacial score (nSPS) is 23.4. The van der Waals surface area contributed by atoms with Gasteiger partial charge in [-0.25, -0.2) is 12.8 Å². The Labute approximate surface area is 137 Å². The van der Waals surface area contributed by atoms with E-state index in [4.69, 9.17) is 10.00 Å². The molecule has 24 heavy (non-hydrogen) atoms. The number of benzene rings is 1. The van der Waals surface area contributed by atoms with Crippen LogP contribution < -0.4 is 4.74 Å². The van der Waals surface area contributed by atoms with Gasteiger partial charge >= 0.3 is 5.92 Å². The summed E-state index contributed by atoms with van der Waals surface area (Å²) in [6.07, 6.45) is -5.06. The van der Waals surface area contributed by atoms with Crippen molar-refractivity contribution in [3.63, 3.8) is 0 Å². The predicted octanol–water partition coefficient (Wildman–Crippen LogP) is 2.85. The van der Waals surface area contributed by atoms with Gasteiger partial charge in [0.1, 0.15) is 18.0 Å². The number of rotatable bonds is 5. The van der Waals surface area contributed by atoms with Crippen molar-refractivity contribution < 1.29 is 31.4 Å². The molecule has 0 spiro atoms. The summed E-state index contributed by atoms with van der Waals surface area (Å²) in [5, 5.41) is 18.5. The summed E-state index contributed by atoms with van der Waals surface area (Å²) in [4.78, 5) is -0.564. The van der Waals surface area contributed by atoms with Crippen LogP contribution in [0.2, 0.25) is 0 Å². The van der Waals surface area contributed by atoms with Crippen LogP contribution in [0.4, 0.5) is 13.2 Å². The van der Waals surface area contributed by atoms with Gasteiger partial charge < -0.3 is 9.84 Å². The highest BCUT2D eigenvalue weighted by atomic mass is 32.2. The van der Waals surface area contributed by atoms with Gasteiger partial charge in [-0.05, 0) is 18.6 Å². The number of hydrogen-bond acceptors (Lipinski definition) is 5. The fourth-order valence-electron chi connectivity index (χ4n) is 2.64. The molecule has 132 valence electrons. The van der Waals surface area contributed by atoms with Crippen LogP contribution in [0.25, 0.3) is 0 Å². The number of halogens is 3. The fraction of sp³-hybridized carbons (Fsp3) is 0.533. The van der Waals surface area contributed by atoms with Gasteiger partial charge in [0.15, 0.2) is 16.0 Å². The number of nitriles is 1. The molecular weight excluding hydrogens is 347 g/mol. The molecule has 1 N–H and O–H groups in total. The number of alkyl halides is 3. The Hall–Kier alpha value is -1.79. The molecule has 0 aromatic heterocycles. The molecule has 5 nitrogen and oxygen atoms in total. The third-order valence-corrected chi connectivity index (χ3v) is 5.06. The number of fused-ring (bicyclic) bond motifs is 1. The molecule has 0 aliphatic heterocycles. The van der Waals surface area contributed by atoms with Crippen LogP contribution in [0, 0.1) is 11.3 Å². The van der Waals surface area contributed by atoms with E-state index in [9.17, 15) is 26.7 Å². The number of nitrogens with zero attached hydrogens (tertiary/aromatic N) is 1. The maximum absolute atomic E-state index is 14.3. The van der Waals surface area contributed by atoms with E-state index < -0.39 is 50.2 Å². The Bertz CT molecular complexity index is 789. The van der Waals surface area contributed by atoms with Crippen LogP contribution in [0.5, 0.6) is 5.75 Å². The van der Waals surface area contributed by atoms with Gasteiger partial charge in [0.05, 0.1) is 17.4 Å². The monoisotopic (exact) mass is 363 g/mol. The minimum atomic E-state index is -4.17. The second-order valence-electron chi connectivity index (χ2n) is 5.61. The number of aliphatic hydroxyl groups excluding tert-OH is 1. The Morgan fingerprint density at radius 3 is 2.54 bits per heavy atom. The summed E-state index contributed by atoms with van der Waals surface area (Å²) >= 11 is 0. The van der Waals surface area contributed by atoms with Crippen molar-refractivity contribution in [3.05, 3.63) is 23.3 Å². The lowest BCUT2D eigenvalue weighted by Gasteiger charge is -2.19. The van der Waals surface area contributed by atoms with Gasteiger partial charge in [0.25, 0.3) is 0 Å². The third kappa shape index (κ3) is 2.96. The van der Waals surface area contributed by atoms with Crippen molar-refractivity contribution in [1.82, 2.24) is 0 Å². The zero-order valence-electron chi connectivity index (χ0n) is 13.0. The second-order valence-corrected chi connectivity index (χ2v) is 7.60. The van der Waals surface area contributed by atoms with E-state index in [2.05, 4.69) is 0 Å². The second kappa shape index (κ2) is 6.26. The van der Waals surface area contributed by atoms with E-state index >= 15 is 0 Å². The Morgan fingerprint density at radius 1 is 1.42 bits per heavy atom. The van der Waals surface area contributed by atoms with Crippen LogP contribution in [0.15, 0.2) is 17.0 Å². The van der Waals surface area contributed by atoms with E-state index in [-0.39, 0.29) is 12.2 Å². The molecule has 1 unspecified atom stereocenters. The number of ether oxygens (including phenoxy) is 1. The zero-order valence-corrected chi connectivity index (χ0v) is 13.8. The maximum atomic E-state index is 14.3. The highest BCUT2D eigenvalue weighted by Crippen LogP contribution is 2.57. The molecule has 3 atom stereocenters. The highest BCUT2D eigenvalue weighted by molar-refractivity contribution is 7.90. The van der Waals surface area contributed by atoms with Gasteiger partial charge in [-0.15, -0.1) is 0 Å². The lowest BCUT2D eigenvalue weighted by Crippen LogP contribution is -2.24. The third-order valence-electron chi connectivity index (χ3n) is 3.90. The summed E-state index contributed by atoms with van der Waals surface area (Å²) in [5.74, 6) is -4.46. The number of aliphatic hydroxyl groups is 1. The molecule has 0 saturated heterocycles. The molecule has 0 amide bonds. The van der Waals surface area contributed by atoms with Gasteiger partial charge in [-0.1, -0.05) is 6.92 Å². The van der Waals surface area contributed by atoms with Crippen molar-refractivity contribution in [2.24, 2.45) is 0 Å². The SMILES string of the molecule is CCC(CC#N)Oc1ccc(S(C)(=O)=O)c2c1[C@@H](F)C(F)(F)[C@H]2O. The van der Waals surface area contributed by atoms with Crippen LogP contribution in [-0.2, 0) is 9.84 Å². The van der Waals surface area contributed by atoms with Crippen molar-refractivity contribution in [3.8, 4) is 11.8 Å². The lowest BCUT2D eigenvalue weighted by atomic mass is 10.1. The zero-order chi connectivity index (χ0) is 18.3. The summed E-state index contributed by atoms with van der Waals surface area (Å²) < 4.78 is 71.1. The van der Waals surface area contributed by atoms with E-state index in [0.717, 1.165) is 18.4 Å². The average Bonchev–Trinajstić information content (AvgIpc) is 2.67. The van der Waals surface area contributed by atoms with Gasteiger partial charge in [-0.2, -0.15) is 14.0 Å². The van der Waals surface area contributed by atoms with Gasteiger partial charge in [0.2, 0.25) is 0 Å². The van der Waals surface area contributed by atoms with E-state index in [1.807, 2.05) is 6.07 Å². The van der Waals surface area contributed by atoms with E-state index in [1.165, 1.54) is 0 Å². The van der Waals surface area contributed by atoms with Crippen LogP contribution >= 0.6 is 0 Å². The highest BCUT2D eigenvalue weighted by Gasteiger charge is 2.58. The fourth-order valence-corrected chi connectivity index (χ4v) is 3.58. The molecule has 0 saturated carbocycles. The molecule has 0 fully saturated rings. The first kappa shape index (κ1) is 18.5. The van der Waals surface area contributed by atoms with Crippen LogP contribution in [0.1, 0.15) is 43.2 Å². The average molecular weight is 363 g/mol. The quantitative estimate of drug-likeness (QED) is 0.869. The summed E-state index contributed by atoms with van der Waals surface area (Å²) in [5.41, 5.74) is -1.36. The minimum absolute atomic E-state index is 0.0466. The predicted molar refractivity (Wildman–Crippen MR) is 78.2 cm³/mol. The molecule has 2 rings (SSSR count). The first-order valence-corrected chi connectivity index (χ1v) is 9.05. The van der Waals surface area contributed by atoms with E-state index in [0.29, 0.717) is 6.42 Å².